The molecule has 1 atom stereocenters. The quantitative estimate of drug-likeness (QED) is 0.766. The molecule has 0 aromatic heterocycles. The molecule has 2 aromatic rings. The molecule has 0 aliphatic carbocycles. The van der Waals surface area contributed by atoms with Crippen LogP contribution in [0.1, 0.15) is 18.4 Å². The Bertz CT molecular complexity index is 830. The molecule has 0 bridgehead atoms. The Hall–Kier alpha value is -2.54. The summed E-state index contributed by atoms with van der Waals surface area (Å²) in [5.74, 6) is 0.343. The van der Waals surface area contributed by atoms with Crippen molar-refractivity contribution in [1.29, 1.82) is 0 Å². The first-order valence-electron chi connectivity index (χ1n) is 8.79. The van der Waals surface area contributed by atoms with Crippen LogP contribution in [0.15, 0.2) is 53.4 Å². The highest BCUT2D eigenvalue weighted by Crippen LogP contribution is 2.30. The second kappa shape index (κ2) is 8.90. The molecule has 1 aliphatic heterocycles. The SMILES string of the molecule is CN1C[C@H](NC(=O)Nc2ccccc2SCc2ccccc2F)CCC1=O. The lowest BCUT2D eigenvalue weighted by Gasteiger charge is -2.30. The van der Waals surface area contributed by atoms with E-state index in [1.807, 2.05) is 30.3 Å². The van der Waals surface area contributed by atoms with E-state index < -0.39 is 0 Å². The van der Waals surface area contributed by atoms with Crippen LogP contribution in [0.5, 0.6) is 0 Å². The first-order valence-corrected chi connectivity index (χ1v) is 9.78. The van der Waals surface area contributed by atoms with Crippen molar-refractivity contribution in [2.75, 3.05) is 18.9 Å². The minimum Gasteiger partial charge on any atom is -0.344 e. The number of anilines is 1. The summed E-state index contributed by atoms with van der Waals surface area (Å²) in [5, 5.41) is 5.78. The summed E-state index contributed by atoms with van der Waals surface area (Å²) in [6.07, 6.45) is 1.08. The zero-order valence-corrected chi connectivity index (χ0v) is 15.9. The monoisotopic (exact) mass is 387 g/mol. The number of nitrogens with zero attached hydrogens (tertiary/aromatic N) is 1. The zero-order chi connectivity index (χ0) is 19.2. The molecule has 7 heteroatoms. The minimum atomic E-state index is -0.304. The average Bonchev–Trinajstić information content (AvgIpc) is 2.65. The fraction of sp³-hybridized carbons (Fsp3) is 0.300. The maximum Gasteiger partial charge on any atom is 0.319 e. The first-order chi connectivity index (χ1) is 13.0. The van der Waals surface area contributed by atoms with Crippen LogP contribution in [-0.4, -0.2) is 36.5 Å². The summed E-state index contributed by atoms with van der Waals surface area (Å²) in [6.45, 7) is 0.510. The molecule has 0 saturated carbocycles. The number of hydrogen-bond acceptors (Lipinski definition) is 3. The van der Waals surface area contributed by atoms with Crippen LogP contribution in [0.4, 0.5) is 14.9 Å². The number of hydrogen-bond donors (Lipinski definition) is 2. The molecule has 3 amide bonds. The Morgan fingerprint density at radius 2 is 1.96 bits per heavy atom. The lowest BCUT2D eigenvalue weighted by molar-refractivity contribution is -0.132. The maximum absolute atomic E-state index is 13.8. The van der Waals surface area contributed by atoms with E-state index in [0.29, 0.717) is 36.4 Å². The average molecular weight is 387 g/mol. The Labute approximate surface area is 162 Å². The molecular formula is C20H22FN3O2S. The summed E-state index contributed by atoms with van der Waals surface area (Å²) < 4.78 is 13.8. The second-order valence-electron chi connectivity index (χ2n) is 6.48. The Morgan fingerprint density at radius 1 is 1.22 bits per heavy atom. The second-order valence-corrected chi connectivity index (χ2v) is 7.50. The van der Waals surface area contributed by atoms with Gasteiger partial charge in [0.05, 0.1) is 5.69 Å². The molecule has 1 heterocycles. The number of likely N-dealkylation sites (N-methyl/N-ethyl adjacent to an activating group) is 1. The topological polar surface area (TPSA) is 61.4 Å². The molecular weight excluding hydrogens is 365 g/mol. The van der Waals surface area contributed by atoms with Crippen molar-refractivity contribution in [2.24, 2.45) is 0 Å². The van der Waals surface area contributed by atoms with Gasteiger partial charge in [0.25, 0.3) is 0 Å². The van der Waals surface area contributed by atoms with Gasteiger partial charge in [-0.25, -0.2) is 9.18 Å². The first kappa shape index (κ1) is 19.2. The van der Waals surface area contributed by atoms with Crippen molar-refractivity contribution in [3.63, 3.8) is 0 Å². The van der Waals surface area contributed by atoms with E-state index in [1.54, 1.807) is 24.1 Å². The predicted molar refractivity (Wildman–Crippen MR) is 105 cm³/mol. The van der Waals surface area contributed by atoms with Crippen LogP contribution in [0.25, 0.3) is 0 Å². The molecule has 3 rings (SSSR count). The molecule has 1 aliphatic rings. The lowest BCUT2D eigenvalue weighted by atomic mass is 10.1. The number of carbonyl (C=O) groups excluding carboxylic acids is 2. The number of carbonyl (C=O) groups is 2. The van der Waals surface area contributed by atoms with Gasteiger partial charge >= 0.3 is 6.03 Å². The summed E-state index contributed by atoms with van der Waals surface area (Å²) in [6, 6.07) is 13.7. The van der Waals surface area contributed by atoms with Crippen molar-refractivity contribution in [2.45, 2.75) is 29.5 Å². The van der Waals surface area contributed by atoms with Crippen molar-refractivity contribution in [1.82, 2.24) is 10.2 Å². The minimum absolute atomic E-state index is 0.0640. The van der Waals surface area contributed by atoms with Gasteiger partial charge in [0, 0.05) is 36.7 Å². The molecule has 2 aromatic carbocycles. The highest BCUT2D eigenvalue weighted by molar-refractivity contribution is 7.98. The van der Waals surface area contributed by atoms with Gasteiger partial charge in [-0.15, -0.1) is 11.8 Å². The lowest BCUT2D eigenvalue weighted by Crippen LogP contribution is -2.49. The number of benzene rings is 2. The van der Waals surface area contributed by atoms with Crippen LogP contribution in [0, 0.1) is 5.82 Å². The third-order valence-corrected chi connectivity index (χ3v) is 5.56. The highest BCUT2D eigenvalue weighted by Gasteiger charge is 2.24. The van der Waals surface area contributed by atoms with E-state index in [9.17, 15) is 14.0 Å². The molecule has 0 unspecified atom stereocenters. The number of urea groups is 1. The molecule has 142 valence electrons. The van der Waals surface area contributed by atoms with Gasteiger partial charge in [0.2, 0.25) is 5.91 Å². The number of thioether (sulfide) groups is 1. The molecule has 0 spiro atoms. The van der Waals surface area contributed by atoms with Crippen LogP contribution < -0.4 is 10.6 Å². The third-order valence-electron chi connectivity index (χ3n) is 4.44. The standard InChI is InChI=1S/C20H22FN3O2S/c1-24-12-15(10-11-19(24)25)22-20(26)23-17-8-4-5-9-18(17)27-13-14-6-2-3-7-16(14)21/h2-9,15H,10-13H2,1H3,(H2,22,23,26)/t15-/m1/s1. The van der Waals surface area contributed by atoms with Crippen LogP contribution in [-0.2, 0) is 10.5 Å². The van der Waals surface area contributed by atoms with E-state index in [4.69, 9.17) is 0 Å². The number of para-hydroxylation sites is 1. The summed E-state index contributed by atoms with van der Waals surface area (Å²) >= 11 is 1.47. The van der Waals surface area contributed by atoms with Gasteiger partial charge in [-0.1, -0.05) is 30.3 Å². The number of nitrogens with one attached hydrogen (secondary N) is 2. The summed E-state index contributed by atoms with van der Waals surface area (Å²) in [4.78, 5) is 26.4. The van der Waals surface area contributed by atoms with E-state index >= 15 is 0 Å². The zero-order valence-electron chi connectivity index (χ0n) is 15.1. The van der Waals surface area contributed by atoms with Crippen molar-refractivity contribution < 1.29 is 14.0 Å². The van der Waals surface area contributed by atoms with Gasteiger partial charge in [-0.3, -0.25) is 4.79 Å². The van der Waals surface area contributed by atoms with Crippen molar-refractivity contribution >= 4 is 29.4 Å². The number of halogens is 1. The van der Waals surface area contributed by atoms with Crippen molar-refractivity contribution in [3.05, 3.63) is 59.9 Å². The fourth-order valence-electron chi connectivity index (χ4n) is 2.94. The maximum atomic E-state index is 13.8. The number of piperidine rings is 1. The number of likely N-dealkylation sites (tertiary alicyclic amines) is 1. The van der Waals surface area contributed by atoms with Gasteiger partial charge in [0.15, 0.2) is 0 Å². The Balaban J connectivity index is 1.59. The van der Waals surface area contributed by atoms with Crippen LogP contribution in [0.3, 0.4) is 0 Å². The van der Waals surface area contributed by atoms with E-state index in [2.05, 4.69) is 10.6 Å². The van der Waals surface area contributed by atoms with Gasteiger partial charge in [0.1, 0.15) is 5.82 Å². The highest BCUT2D eigenvalue weighted by atomic mass is 32.2. The third kappa shape index (κ3) is 5.23. The normalized spacial score (nSPS) is 16.9. The smallest absolute Gasteiger partial charge is 0.319 e. The molecule has 5 nitrogen and oxygen atoms in total. The molecule has 1 fully saturated rings. The Kier molecular flexibility index (Phi) is 6.34. The largest absolute Gasteiger partial charge is 0.344 e. The van der Waals surface area contributed by atoms with Gasteiger partial charge in [-0.05, 0) is 30.2 Å². The Morgan fingerprint density at radius 3 is 2.74 bits per heavy atom. The molecule has 27 heavy (non-hydrogen) atoms. The van der Waals surface area contributed by atoms with Crippen molar-refractivity contribution in [3.8, 4) is 0 Å². The van der Waals surface area contributed by atoms with E-state index in [-0.39, 0.29) is 23.8 Å². The van der Waals surface area contributed by atoms with Crippen LogP contribution >= 0.6 is 11.8 Å². The van der Waals surface area contributed by atoms with E-state index in [1.165, 1.54) is 17.8 Å². The predicted octanol–water partition coefficient (Wildman–Crippen LogP) is 3.86. The molecule has 0 radical (unpaired) electrons. The molecule has 2 N–H and O–H groups in total. The van der Waals surface area contributed by atoms with Crippen LogP contribution in [0.2, 0.25) is 0 Å². The number of amides is 3. The number of rotatable bonds is 5. The van der Waals surface area contributed by atoms with Gasteiger partial charge in [-0.2, -0.15) is 0 Å². The summed E-state index contributed by atoms with van der Waals surface area (Å²) in [5.41, 5.74) is 1.30. The van der Waals surface area contributed by atoms with Gasteiger partial charge < -0.3 is 15.5 Å². The molecule has 1 saturated heterocycles. The fourth-order valence-corrected chi connectivity index (χ4v) is 3.94. The van der Waals surface area contributed by atoms with E-state index in [0.717, 1.165) is 4.90 Å². The summed E-state index contributed by atoms with van der Waals surface area (Å²) in [7, 11) is 1.74.